The predicted octanol–water partition coefficient (Wildman–Crippen LogP) is 3.68. The third kappa shape index (κ3) is 5.73. The fraction of sp³-hybridized carbons (Fsp3) is 0.409. The molecule has 0 aliphatic rings. The van der Waals surface area contributed by atoms with Gasteiger partial charge < -0.3 is 10.1 Å². The molecule has 0 fully saturated rings. The lowest BCUT2D eigenvalue weighted by atomic mass is 10.0. The van der Waals surface area contributed by atoms with E-state index in [4.69, 9.17) is 4.74 Å². The van der Waals surface area contributed by atoms with Crippen molar-refractivity contribution in [3.8, 4) is 5.75 Å². The third-order valence-electron chi connectivity index (χ3n) is 4.90. The molecule has 0 bridgehead atoms. The van der Waals surface area contributed by atoms with Gasteiger partial charge in [0.2, 0.25) is 15.9 Å². The second kappa shape index (κ2) is 9.78. The topological polar surface area (TPSA) is 75.7 Å². The molecule has 0 spiro atoms. The average Bonchev–Trinajstić information content (AvgIpc) is 2.71. The van der Waals surface area contributed by atoms with E-state index in [-0.39, 0.29) is 11.9 Å². The number of aryl methyl sites for hydroxylation is 1. The number of anilines is 1. The number of nitrogens with one attached hydrogen (secondary N) is 1. The highest BCUT2D eigenvalue weighted by Crippen LogP contribution is 2.25. The van der Waals surface area contributed by atoms with Gasteiger partial charge in [0.15, 0.2) is 0 Å². The van der Waals surface area contributed by atoms with E-state index in [2.05, 4.69) is 12.2 Å². The molecular formula is C22H30N2O4S. The van der Waals surface area contributed by atoms with E-state index in [0.717, 1.165) is 18.2 Å². The van der Waals surface area contributed by atoms with Gasteiger partial charge >= 0.3 is 0 Å². The Morgan fingerprint density at radius 1 is 1.07 bits per heavy atom. The number of amides is 1. The van der Waals surface area contributed by atoms with Gasteiger partial charge in [-0.2, -0.15) is 0 Å². The fourth-order valence-electron chi connectivity index (χ4n) is 3.22. The SMILES string of the molecule is CCc1ccc([C@@H](C)NC(=O)[C@H](CC)N(c2ccc(OC)cc2)S(C)(=O)=O)cc1. The number of hydrogen-bond acceptors (Lipinski definition) is 4. The van der Waals surface area contributed by atoms with E-state index in [9.17, 15) is 13.2 Å². The van der Waals surface area contributed by atoms with Crippen LogP contribution in [-0.4, -0.2) is 33.7 Å². The minimum Gasteiger partial charge on any atom is -0.497 e. The van der Waals surface area contributed by atoms with E-state index >= 15 is 0 Å². The average molecular weight is 419 g/mol. The predicted molar refractivity (Wildman–Crippen MR) is 117 cm³/mol. The number of carbonyl (C=O) groups is 1. The van der Waals surface area contributed by atoms with Crippen LogP contribution < -0.4 is 14.4 Å². The smallest absolute Gasteiger partial charge is 0.244 e. The highest BCUT2D eigenvalue weighted by atomic mass is 32.2. The number of rotatable bonds is 9. The standard InChI is InChI=1S/C22H30N2O4S/c1-6-17-8-10-18(11-9-17)16(3)23-22(25)21(7-2)24(29(5,26)27)19-12-14-20(28-4)15-13-19/h8-16,21H,6-7H2,1-5H3,(H,23,25)/t16-,21+/m1/s1. The Bertz CT molecular complexity index is 909. The maximum Gasteiger partial charge on any atom is 0.244 e. The van der Waals surface area contributed by atoms with Crippen LogP contribution in [0.2, 0.25) is 0 Å². The molecule has 7 heteroatoms. The molecule has 0 aliphatic heterocycles. The quantitative estimate of drug-likeness (QED) is 0.674. The fourth-order valence-corrected chi connectivity index (χ4v) is 4.44. The summed E-state index contributed by atoms with van der Waals surface area (Å²) in [4.78, 5) is 13.0. The minimum atomic E-state index is -3.67. The number of ether oxygens (including phenoxy) is 1. The molecule has 0 heterocycles. The van der Waals surface area contributed by atoms with Crippen LogP contribution in [0.5, 0.6) is 5.75 Å². The molecule has 2 rings (SSSR count). The third-order valence-corrected chi connectivity index (χ3v) is 6.08. The second-order valence-corrected chi connectivity index (χ2v) is 8.87. The summed E-state index contributed by atoms with van der Waals surface area (Å²) in [7, 11) is -2.13. The second-order valence-electron chi connectivity index (χ2n) is 7.01. The molecule has 29 heavy (non-hydrogen) atoms. The molecule has 6 nitrogen and oxygen atoms in total. The molecule has 2 atom stereocenters. The highest BCUT2D eigenvalue weighted by molar-refractivity contribution is 7.92. The van der Waals surface area contributed by atoms with Gasteiger partial charge in [-0.1, -0.05) is 38.1 Å². The molecule has 0 saturated carbocycles. The van der Waals surface area contributed by atoms with Crippen molar-refractivity contribution in [2.75, 3.05) is 17.7 Å². The Morgan fingerprint density at radius 3 is 2.10 bits per heavy atom. The maximum atomic E-state index is 13.0. The summed E-state index contributed by atoms with van der Waals surface area (Å²) in [6.45, 7) is 5.78. The zero-order valence-electron chi connectivity index (χ0n) is 17.7. The first-order chi connectivity index (χ1) is 13.7. The Labute approximate surface area is 173 Å². The van der Waals surface area contributed by atoms with Gasteiger partial charge in [-0.05, 0) is 55.2 Å². The molecule has 1 N–H and O–H groups in total. The zero-order chi connectivity index (χ0) is 21.6. The lowest BCUT2D eigenvalue weighted by Crippen LogP contribution is -2.49. The van der Waals surface area contributed by atoms with Gasteiger partial charge in [0.05, 0.1) is 25.1 Å². The summed E-state index contributed by atoms with van der Waals surface area (Å²) in [5, 5.41) is 2.96. The van der Waals surface area contributed by atoms with Crippen molar-refractivity contribution in [2.24, 2.45) is 0 Å². The molecular weight excluding hydrogens is 388 g/mol. The monoisotopic (exact) mass is 418 g/mol. The normalized spacial score (nSPS) is 13.4. The maximum absolute atomic E-state index is 13.0. The Balaban J connectivity index is 2.26. The van der Waals surface area contributed by atoms with Gasteiger partial charge in [0.25, 0.3) is 0 Å². The summed E-state index contributed by atoms with van der Waals surface area (Å²) < 4.78 is 31.4. The Morgan fingerprint density at radius 2 is 1.66 bits per heavy atom. The van der Waals surface area contributed by atoms with E-state index in [0.29, 0.717) is 17.9 Å². The molecule has 1 amide bonds. The van der Waals surface area contributed by atoms with Crippen LogP contribution in [0.15, 0.2) is 48.5 Å². The first-order valence-corrected chi connectivity index (χ1v) is 11.6. The first-order valence-electron chi connectivity index (χ1n) is 9.73. The number of hydrogen-bond donors (Lipinski definition) is 1. The van der Waals surface area contributed by atoms with E-state index in [1.165, 1.54) is 9.87 Å². The van der Waals surface area contributed by atoms with Crippen LogP contribution in [-0.2, 0) is 21.2 Å². The van der Waals surface area contributed by atoms with Crippen LogP contribution >= 0.6 is 0 Å². The van der Waals surface area contributed by atoms with E-state index < -0.39 is 16.1 Å². The molecule has 2 aromatic carbocycles. The van der Waals surface area contributed by atoms with Crippen molar-refractivity contribution in [1.29, 1.82) is 0 Å². The van der Waals surface area contributed by atoms with Crippen molar-refractivity contribution in [1.82, 2.24) is 5.32 Å². The lowest BCUT2D eigenvalue weighted by molar-refractivity contribution is -0.122. The highest BCUT2D eigenvalue weighted by Gasteiger charge is 2.32. The number of carbonyl (C=O) groups excluding carboxylic acids is 1. The van der Waals surface area contributed by atoms with E-state index in [1.54, 1.807) is 38.3 Å². The zero-order valence-corrected chi connectivity index (χ0v) is 18.5. The van der Waals surface area contributed by atoms with Crippen LogP contribution in [0.3, 0.4) is 0 Å². The van der Waals surface area contributed by atoms with Crippen molar-refractivity contribution in [2.45, 2.75) is 45.7 Å². The first kappa shape index (κ1) is 22.7. The molecule has 0 saturated heterocycles. The van der Waals surface area contributed by atoms with Gasteiger partial charge in [-0.15, -0.1) is 0 Å². The molecule has 0 radical (unpaired) electrons. The number of nitrogens with zero attached hydrogens (tertiary/aromatic N) is 1. The van der Waals surface area contributed by atoms with E-state index in [1.807, 2.05) is 31.2 Å². The summed E-state index contributed by atoms with van der Waals surface area (Å²) >= 11 is 0. The van der Waals surface area contributed by atoms with Crippen molar-refractivity contribution in [3.63, 3.8) is 0 Å². The Hall–Kier alpha value is -2.54. The molecule has 0 aliphatic carbocycles. The minimum absolute atomic E-state index is 0.236. The molecule has 0 aromatic heterocycles. The van der Waals surface area contributed by atoms with Crippen LogP contribution in [0, 0.1) is 0 Å². The lowest BCUT2D eigenvalue weighted by Gasteiger charge is -2.31. The molecule has 0 unspecified atom stereocenters. The number of sulfonamides is 1. The van der Waals surface area contributed by atoms with Crippen molar-refractivity contribution in [3.05, 3.63) is 59.7 Å². The van der Waals surface area contributed by atoms with Gasteiger partial charge in [-0.25, -0.2) is 8.42 Å². The summed E-state index contributed by atoms with van der Waals surface area (Å²) in [5.41, 5.74) is 2.62. The van der Waals surface area contributed by atoms with Crippen LogP contribution in [0.4, 0.5) is 5.69 Å². The summed E-state index contributed by atoms with van der Waals surface area (Å²) in [5.74, 6) is 0.282. The van der Waals surface area contributed by atoms with Crippen LogP contribution in [0.25, 0.3) is 0 Å². The van der Waals surface area contributed by atoms with Gasteiger partial charge in [-0.3, -0.25) is 9.10 Å². The Kier molecular flexibility index (Phi) is 7.67. The van der Waals surface area contributed by atoms with Gasteiger partial charge in [0.1, 0.15) is 11.8 Å². The largest absolute Gasteiger partial charge is 0.497 e. The number of benzene rings is 2. The molecule has 158 valence electrons. The van der Waals surface area contributed by atoms with Gasteiger partial charge in [0, 0.05) is 0 Å². The van der Waals surface area contributed by atoms with Crippen molar-refractivity contribution >= 4 is 21.6 Å². The van der Waals surface area contributed by atoms with Crippen LogP contribution in [0.1, 0.15) is 44.4 Å². The molecule has 2 aromatic rings. The summed E-state index contributed by atoms with van der Waals surface area (Å²) in [6, 6.07) is 13.6. The van der Waals surface area contributed by atoms with Crippen molar-refractivity contribution < 1.29 is 17.9 Å². The summed E-state index contributed by atoms with van der Waals surface area (Å²) in [6.07, 6.45) is 2.40. The number of methoxy groups -OCH3 is 1.